The van der Waals surface area contributed by atoms with Crippen molar-refractivity contribution in [3.63, 3.8) is 0 Å². The fraction of sp³-hybridized carbons (Fsp3) is 0.357. The summed E-state index contributed by atoms with van der Waals surface area (Å²) in [6.45, 7) is 0. The molecule has 0 bridgehead atoms. The quantitative estimate of drug-likeness (QED) is 0.914. The Hall–Kier alpha value is -1.52. The maximum atomic E-state index is 12.3. The summed E-state index contributed by atoms with van der Waals surface area (Å²) in [5.41, 5.74) is 5.66. The lowest BCUT2D eigenvalue weighted by atomic mass is 10.2. The SMILES string of the molecule is N[C@H]1CC[C@H](On2ccc3ccc(Cl)cc3c2=O)C1. The monoisotopic (exact) mass is 278 g/mol. The average Bonchev–Trinajstić information content (AvgIpc) is 2.79. The summed E-state index contributed by atoms with van der Waals surface area (Å²) < 4.78 is 1.29. The Kier molecular flexibility index (Phi) is 3.21. The zero-order valence-corrected chi connectivity index (χ0v) is 11.1. The third-order valence-corrected chi connectivity index (χ3v) is 3.76. The maximum absolute atomic E-state index is 12.3. The van der Waals surface area contributed by atoms with Crippen LogP contribution in [-0.2, 0) is 0 Å². The van der Waals surface area contributed by atoms with Gasteiger partial charge < -0.3 is 10.6 Å². The summed E-state index contributed by atoms with van der Waals surface area (Å²) in [6, 6.07) is 7.29. The van der Waals surface area contributed by atoms with Gasteiger partial charge in [0.15, 0.2) is 0 Å². The second-order valence-corrected chi connectivity index (χ2v) is 5.42. The van der Waals surface area contributed by atoms with Crippen molar-refractivity contribution < 1.29 is 4.84 Å². The number of nitrogens with zero attached hydrogens (tertiary/aromatic N) is 1. The van der Waals surface area contributed by atoms with Crippen molar-refractivity contribution in [1.82, 2.24) is 4.73 Å². The van der Waals surface area contributed by atoms with E-state index in [0.29, 0.717) is 10.4 Å². The number of rotatable bonds is 2. The standard InChI is InChI=1S/C14H15ClN2O2/c15-10-2-1-9-5-6-17(14(18)13(9)7-10)19-12-4-3-11(16)8-12/h1-2,5-7,11-12H,3-4,8,16H2/t11-,12-/m0/s1. The third-order valence-electron chi connectivity index (χ3n) is 3.52. The van der Waals surface area contributed by atoms with Crippen LogP contribution in [0.2, 0.25) is 5.02 Å². The predicted molar refractivity (Wildman–Crippen MR) is 75.4 cm³/mol. The zero-order valence-electron chi connectivity index (χ0n) is 10.4. The van der Waals surface area contributed by atoms with Crippen molar-refractivity contribution in [2.45, 2.75) is 31.4 Å². The maximum Gasteiger partial charge on any atom is 0.290 e. The molecule has 100 valence electrons. The van der Waals surface area contributed by atoms with Gasteiger partial charge in [-0.1, -0.05) is 17.7 Å². The number of pyridine rings is 1. The molecule has 1 fully saturated rings. The molecule has 1 aliphatic rings. The Morgan fingerprint density at radius 3 is 2.89 bits per heavy atom. The number of fused-ring (bicyclic) bond motifs is 1. The number of benzene rings is 1. The topological polar surface area (TPSA) is 57.2 Å². The van der Waals surface area contributed by atoms with E-state index in [2.05, 4.69) is 0 Å². The Bertz CT molecular complexity index is 668. The van der Waals surface area contributed by atoms with Gasteiger partial charge in [-0.15, -0.1) is 0 Å². The van der Waals surface area contributed by atoms with Gasteiger partial charge in [0.05, 0.1) is 5.39 Å². The molecule has 2 N–H and O–H groups in total. The van der Waals surface area contributed by atoms with Crippen molar-refractivity contribution in [2.24, 2.45) is 5.73 Å². The molecule has 0 unspecified atom stereocenters. The Morgan fingerprint density at radius 1 is 1.32 bits per heavy atom. The van der Waals surface area contributed by atoms with E-state index in [-0.39, 0.29) is 17.7 Å². The summed E-state index contributed by atoms with van der Waals surface area (Å²) >= 11 is 5.93. The first-order chi connectivity index (χ1) is 9.13. The first-order valence-electron chi connectivity index (χ1n) is 6.37. The number of nitrogens with two attached hydrogens (primary N) is 1. The molecule has 19 heavy (non-hydrogen) atoms. The highest BCUT2D eigenvalue weighted by Crippen LogP contribution is 2.19. The van der Waals surface area contributed by atoms with Crippen LogP contribution in [0.1, 0.15) is 19.3 Å². The van der Waals surface area contributed by atoms with Crippen LogP contribution in [0.25, 0.3) is 10.8 Å². The van der Waals surface area contributed by atoms with Crippen LogP contribution in [-0.4, -0.2) is 16.9 Å². The molecule has 1 heterocycles. The lowest BCUT2D eigenvalue weighted by molar-refractivity contribution is 0.0351. The van der Waals surface area contributed by atoms with E-state index in [1.54, 1.807) is 18.3 Å². The fourth-order valence-corrected chi connectivity index (χ4v) is 2.68. The number of hydrogen-bond acceptors (Lipinski definition) is 3. The summed E-state index contributed by atoms with van der Waals surface area (Å²) in [5.74, 6) is 0. The second kappa shape index (κ2) is 4.87. The molecular formula is C14H15ClN2O2. The Balaban J connectivity index is 1.96. The van der Waals surface area contributed by atoms with Crippen molar-refractivity contribution in [2.75, 3.05) is 0 Å². The molecule has 2 aromatic rings. The van der Waals surface area contributed by atoms with Gasteiger partial charge in [0.1, 0.15) is 6.10 Å². The fourth-order valence-electron chi connectivity index (χ4n) is 2.51. The number of aromatic nitrogens is 1. The lowest BCUT2D eigenvalue weighted by Crippen LogP contribution is -2.32. The van der Waals surface area contributed by atoms with Crippen LogP contribution >= 0.6 is 11.6 Å². The van der Waals surface area contributed by atoms with Gasteiger partial charge in [-0.25, -0.2) is 0 Å². The van der Waals surface area contributed by atoms with Crippen LogP contribution in [0.5, 0.6) is 0 Å². The van der Waals surface area contributed by atoms with Crippen LogP contribution in [0, 0.1) is 0 Å². The van der Waals surface area contributed by atoms with Crippen LogP contribution in [0.4, 0.5) is 0 Å². The summed E-state index contributed by atoms with van der Waals surface area (Å²) in [4.78, 5) is 18.0. The van der Waals surface area contributed by atoms with E-state index in [0.717, 1.165) is 24.6 Å². The molecular weight excluding hydrogens is 264 g/mol. The van der Waals surface area contributed by atoms with Crippen LogP contribution in [0.15, 0.2) is 35.3 Å². The molecule has 1 aromatic heterocycles. The van der Waals surface area contributed by atoms with Crippen molar-refractivity contribution in [3.05, 3.63) is 45.8 Å². The minimum atomic E-state index is -0.180. The van der Waals surface area contributed by atoms with Gasteiger partial charge in [0, 0.05) is 23.7 Å². The zero-order chi connectivity index (χ0) is 13.4. The highest BCUT2D eigenvalue weighted by atomic mass is 35.5. The molecule has 0 spiro atoms. The van der Waals surface area contributed by atoms with Gasteiger partial charge >= 0.3 is 0 Å². The molecule has 1 aliphatic carbocycles. The van der Waals surface area contributed by atoms with Crippen LogP contribution in [0.3, 0.4) is 0 Å². The second-order valence-electron chi connectivity index (χ2n) is 4.98. The van der Waals surface area contributed by atoms with E-state index >= 15 is 0 Å². The molecule has 0 saturated heterocycles. The van der Waals surface area contributed by atoms with Crippen molar-refractivity contribution in [1.29, 1.82) is 0 Å². The first kappa shape index (κ1) is 12.5. The lowest BCUT2D eigenvalue weighted by Gasteiger charge is -2.15. The molecule has 0 radical (unpaired) electrons. The minimum Gasteiger partial charge on any atom is -0.407 e. The van der Waals surface area contributed by atoms with Gasteiger partial charge in [-0.05, 0) is 36.4 Å². The average molecular weight is 279 g/mol. The molecule has 4 nitrogen and oxygen atoms in total. The first-order valence-corrected chi connectivity index (χ1v) is 6.75. The van der Waals surface area contributed by atoms with Crippen LogP contribution < -0.4 is 16.1 Å². The highest BCUT2D eigenvalue weighted by Gasteiger charge is 2.24. The van der Waals surface area contributed by atoms with E-state index in [1.165, 1.54) is 4.73 Å². The number of halogens is 1. The molecule has 1 saturated carbocycles. The summed E-state index contributed by atoms with van der Waals surface area (Å²) in [7, 11) is 0. The van der Waals surface area contributed by atoms with Gasteiger partial charge in [-0.3, -0.25) is 4.79 Å². The van der Waals surface area contributed by atoms with Crippen molar-refractivity contribution in [3.8, 4) is 0 Å². The third kappa shape index (κ3) is 2.46. The molecule has 3 rings (SSSR count). The van der Waals surface area contributed by atoms with Gasteiger partial charge in [-0.2, -0.15) is 4.73 Å². The smallest absolute Gasteiger partial charge is 0.290 e. The molecule has 2 atom stereocenters. The van der Waals surface area contributed by atoms with E-state index in [1.807, 2.05) is 12.1 Å². The number of hydrogen-bond donors (Lipinski definition) is 1. The summed E-state index contributed by atoms with van der Waals surface area (Å²) in [5, 5.41) is 1.97. The van der Waals surface area contributed by atoms with Crippen molar-refractivity contribution >= 4 is 22.4 Å². The minimum absolute atomic E-state index is 0.0179. The summed E-state index contributed by atoms with van der Waals surface area (Å²) in [6.07, 6.45) is 4.30. The van der Waals surface area contributed by atoms with E-state index in [4.69, 9.17) is 22.2 Å². The highest BCUT2D eigenvalue weighted by molar-refractivity contribution is 6.31. The van der Waals surface area contributed by atoms with Gasteiger partial charge in [0.25, 0.3) is 5.56 Å². The molecule has 5 heteroatoms. The molecule has 0 amide bonds. The Morgan fingerprint density at radius 2 is 2.16 bits per heavy atom. The molecule has 0 aliphatic heterocycles. The predicted octanol–water partition coefficient (Wildman–Crippen LogP) is 1.96. The van der Waals surface area contributed by atoms with E-state index in [9.17, 15) is 4.79 Å². The van der Waals surface area contributed by atoms with Gasteiger partial charge in [0.2, 0.25) is 0 Å². The molecule has 1 aromatic carbocycles. The van der Waals surface area contributed by atoms with E-state index < -0.39 is 0 Å². The largest absolute Gasteiger partial charge is 0.407 e. The normalized spacial score (nSPS) is 22.8. The Labute approximate surface area is 115 Å².